The topological polar surface area (TPSA) is 20.2 Å². The van der Waals surface area contributed by atoms with Crippen molar-refractivity contribution in [3.8, 4) is 0 Å². The van der Waals surface area contributed by atoms with Gasteiger partial charge in [-0.3, -0.25) is 0 Å². The number of rotatable bonds is 0. The van der Waals surface area contributed by atoms with E-state index in [1.54, 1.807) is 0 Å². The van der Waals surface area contributed by atoms with E-state index in [4.69, 9.17) is 5.11 Å². The summed E-state index contributed by atoms with van der Waals surface area (Å²) in [6.45, 7) is 0. The number of halogens is 3. The lowest BCUT2D eigenvalue weighted by molar-refractivity contribution is 0.302. The molecule has 0 spiro atoms. The van der Waals surface area contributed by atoms with Crippen LogP contribution in [0.3, 0.4) is 0 Å². The largest absolute Gasteiger partial charge is 0.503 e. The fourth-order valence-electron chi connectivity index (χ4n) is 0.694. The van der Waals surface area contributed by atoms with Gasteiger partial charge in [-0.05, 0) is 6.08 Å². The fourth-order valence-corrected chi connectivity index (χ4v) is 0.694. The Morgan fingerprint density at radius 2 is 2.10 bits per heavy atom. The quantitative estimate of drug-likeness (QED) is 0.561. The van der Waals surface area contributed by atoms with Crippen molar-refractivity contribution in [3.05, 3.63) is 23.5 Å². The van der Waals surface area contributed by atoms with Gasteiger partial charge in [-0.25, -0.2) is 13.2 Å². The van der Waals surface area contributed by atoms with Gasteiger partial charge in [0.05, 0.1) is 0 Å². The SMILES string of the molecule is OC1=C(F)CC(F)C=C1F. The highest BCUT2D eigenvalue weighted by atomic mass is 19.2. The van der Waals surface area contributed by atoms with Crippen LogP contribution in [0.1, 0.15) is 6.42 Å². The second-order valence-corrected chi connectivity index (χ2v) is 1.99. The zero-order valence-corrected chi connectivity index (χ0v) is 4.94. The fraction of sp³-hybridized carbons (Fsp3) is 0.333. The number of allylic oxidation sites excluding steroid dienone is 3. The highest BCUT2D eigenvalue weighted by Crippen LogP contribution is 2.26. The van der Waals surface area contributed by atoms with E-state index in [0.717, 1.165) is 0 Å². The summed E-state index contributed by atoms with van der Waals surface area (Å²) in [5, 5.41) is 8.46. The predicted octanol–water partition coefficient (Wildman–Crippen LogP) is 2.32. The Morgan fingerprint density at radius 1 is 1.50 bits per heavy atom. The molecule has 0 aromatic rings. The Bertz CT molecular complexity index is 207. The van der Waals surface area contributed by atoms with Crippen LogP contribution in [0.25, 0.3) is 0 Å². The standard InChI is InChI=1S/C6H5F3O/c7-3-1-4(8)6(10)5(9)2-3/h1,3,10H,2H2. The molecule has 56 valence electrons. The molecule has 0 saturated heterocycles. The molecule has 10 heavy (non-hydrogen) atoms. The van der Waals surface area contributed by atoms with Crippen LogP contribution in [0.5, 0.6) is 0 Å². The van der Waals surface area contributed by atoms with Gasteiger partial charge in [0.25, 0.3) is 0 Å². The molecule has 1 N–H and O–H groups in total. The number of hydrogen-bond acceptors (Lipinski definition) is 1. The molecule has 0 aromatic heterocycles. The molecule has 0 heterocycles. The minimum atomic E-state index is -1.66. The van der Waals surface area contributed by atoms with Crippen molar-refractivity contribution in [3.63, 3.8) is 0 Å². The first-order chi connectivity index (χ1) is 4.61. The summed E-state index contributed by atoms with van der Waals surface area (Å²) >= 11 is 0. The van der Waals surface area contributed by atoms with Crippen LogP contribution in [0.15, 0.2) is 23.5 Å². The molecular weight excluding hydrogens is 145 g/mol. The van der Waals surface area contributed by atoms with Gasteiger partial charge in [0.1, 0.15) is 12.0 Å². The zero-order valence-electron chi connectivity index (χ0n) is 4.94. The van der Waals surface area contributed by atoms with Gasteiger partial charge in [0, 0.05) is 6.42 Å². The van der Waals surface area contributed by atoms with Crippen LogP contribution < -0.4 is 0 Å². The lowest BCUT2D eigenvalue weighted by Crippen LogP contribution is -2.05. The van der Waals surface area contributed by atoms with Crippen LogP contribution in [-0.4, -0.2) is 11.3 Å². The smallest absolute Gasteiger partial charge is 0.183 e. The normalized spacial score (nSPS) is 26.7. The Labute approximate surface area is 55.5 Å². The van der Waals surface area contributed by atoms with Gasteiger partial charge in [0.2, 0.25) is 0 Å². The molecule has 4 heteroatoms. The summed E-state index contributed by atoms with van der Waals surface area (Å²) in [6, 6.07) is 0. The maximum absolute atomic E-state index is 12.2. The summed E-state index contributed by atoms with van der Waals surface area (Å²) < 4.78 is 36.5. The third kappa shape index (κ3) is 1.15. The van der Waals surface area contributed by atoms with Crippen LogP contribution in [0, 0.1) is 0 Å². The van der Waals surface area contributed by atoms with E-state index in [9.17, 15) is 13.2 Å². The van der Waals surface area contributed by atoms with E-state index >= 15 is 0 Å². The molecule has 1 nitrogen and oxygen atoms in total. The Kier molecular flexibility index (Phi) is 1.70. The molecule has 1 atom stereocenters. The van der Waals surface area contributed by atoms with Gasteiger partial charge in [0.15, 0.2) is 11.6 Å². The van der Waals surface area contributed by atoms with Crippen molar-refractivity contribution in [2.75, 3.05) is 0 Å². The molecule has 0 aromatic carbocycles. The van der Waals surface area contributed by atoms with E-state index in [1.165, 1.54) is 0 Å². The van der Waals surface area contributed by atoms with Crippen LogP contribution in [0.2, 0.25) is 0 Å². The van der Waals surface area contributed by atoms with Crippen molar-refractivity contribution < 1.29 is 18.3 Å². The first-order valence-electron chi connectivity index (χ1n) is 2.70. The van der Waals surface area contributed by atoms with Gasteiger partial charge in [-0.15, -0.1) is 0 Å². The second kappa shape index (κ2) is 2.36. The maximum atomic E-state index is 12.2. The van der Waals surface area contributed by atoms with Gasteiger partial charge in [-0.1, -0.05) is 0 Å². The molecule has 1 aliphatic rings. The lowest BCUT2D eigenvalue weighted by atomic mass is 10.1. The van der Waals surface area contributed by atoms with E-state index in [1.807, 2.05) is 0 Å². The van der Waals surface area contributed by atoms with Crippen LogP contribution >= 0.6 is 0 Å². The van der Waals surface area contributed by atoms with Crippen molar-refractivity contribution in [1.29, 1.82) is 0 Å². The number of aliphatic hydroxyl groups excluding tert-OH is 1. The third-order valence-corrected chi connectivity index (χ3v) is 1.18. The van der Waals surface area contributed by atoms with Crippen LogP contribution in [0.4, 0.5) is 13.2 Å². The lowest BCUT2D eigenvalue weighted by Gasteiger charge is -2.08. The number of aliphatic hydroxyl groups is 1. The van der Waals surface area contributed by atoms with Crippen molar-refractivity contribution in [2.45, 2.75) is 12.6 Å². The summed E-state index contributed by atoms with van der Waals surface area (Å²) in [4.78, 5) is 0. The molecular formula is C6H5F3O. The van der Waals surface area contributed by atoms with Crippen molar-refractivity contribution in [1.82, 2.24) is 0 Å². The summed E-state index contributed by atoms with van der Waals surface area (Å²) in [5.41, 5.74) is 0. The zero-order chi connectivity index (χ0) is 7.72. The highest BCUT2D eigenvalue weighted by molar-refractivity contribution is 5.27. The van der Waals surface area contributed by atoms with Gasteiger partial charge >= 0.3 is 0 Å². The first-order valence-corrected chi connectivity index (χ1v) is 2.70. The van der Waals surface area contributed by atoms with E-state index in [2.05, 4.69) is 0 Å². The molecule has 0 aliphatic heterocycles. The van der Waals surface area contributed by atoms with Crippen LogP contribution in [-0.2, 0) is 0 Å². The van der Waals surface area contributed by atoms with Crippen molar-refractivity contribution >= 4 is 0 Å². The Morgan fingerprint density at radius 3 is 2.60 bits per heavy atom. The first kappa shape index (κ1) is 7.18. The minimum absolute atomic E-state index is 0.540. The molecule has 0 bridgehead atoms. The average molecular weight is 150 g/mol. The average Bonchev–Trinajstić information content (AvgIpc) is 1.82. The predicted molar refractivity (Wildman–Crippen MR) is 29.5 cm³/mol. The molecule has 0 radical (unpaired) electrons. The van der Waals surface area contributed by atoms with E-state index < -0.39 is 30.0 Å². The molecule has 0 amide bonds. The summed E-state index contributed by atoms with van der Waals surface area (Å²) in [6.07, 6.45) is -1.69. The van der Waals surface area contributed by atoms with Crippen molar-refractivity contribution in [2.24, 2.45) is 0 Å². The third-order valence-electron chi connectivity index (χ3n) is 1.18. The molecule has 1 aliphatic carbocycles. The monoisotopic (exact) mass is 150 g/mol. The highest BCUT2D eigenvalue weighted by Gasteiger charge is 2.21. The number of alkyl halides is 1. The van der Waals surface area contributed by atoms with Gasteiger partial charge < -0.3 is 5.11 Å². The summed E-state index contributed by atoms with van der Waals surface area (Å²) in [7, 11) is 0. The van der Waals surface area contributed by atoms with E-state index in [-0.39, 0.29) is 0 Å². The second-order valence-electron chi connectivity index (χ2n) is 1.99. The molecule has 1 rings (SSSR count). The molecule has 1 unspecified atom stereocenters. The summed E-state index contributed by atoms with van der Waals surface area (Å²) in [5.74, 6) is -3.43. The molecule has 0 saturated carbocycles. The van der Waals surface area contributed by atoms with E-state index in [0.29, 0.717) is 6.08 Å². The molecule has 0 fully saturated rings. The number of hydrogen-bond donors (Lipinski definition) is 1. The maximum Gasteiger partial charge on any atom is 0.183 e. The Balaban J connectivity index is 2.90. The van der Waals surface area contributed by atoms with Gasteiger partial charge in [-0.2, -0.15) is 0 Å². The minimum Gasteiger partial charge on any atom is -0.503 e. The Hall–Kier alpha value is -0.930.